The van der Waals surface area contributed by atoms with Crippen molar-refractivity contribution in [2.45, 2.75) is 46.1 Å². The van der Waals surface area contributed by atoms with Crippen LogP contribution in [-0.4, -0.2) is 28.3 Å². The van der Waals surface area contributed by atoms with Crippen molar-refractivity contribution in [3.63, 3.8) is 0 Å². The number of nitrogens with one attached hydrogen (secondary N) is 1. The lowest BCUT2D eigenvalue weighted by Crippen LogP contribution is -2.39. The highest BCUT2D eigenvalue weighted by Gasteiger charge is 2.32. The zero-order chi connectivity index (χ0) is 21.0. The lowest BCUT2D eigenvalue weighted by atomic mass is 9.93. The van der Waals surface area contributed by atoms with Crippen LogP contribution in [0.15, 0.2) is 36.4 Å². The standard InChI is InChI=1S/C22H26FN3O3/c1-4-29-22(28)20(24-21(27)16-8-6-5-7-9-16)19-14(2)25-26(15(19)3)18-12-10-17(23)11-13-18/h5-6,10-13,16,20H,4,7-9H2,1-3H3,(H,24,27)/t16-,20+/m1/s1. The molecule has 2 aromatic rings. The first-order valence-corrected chi connectivity index (χ1v) is 9.86. The number of carbonyl (C=O) groups is 2. The van der Waals surface area contributed by atoms with Crippen LogP contribution >= 0.6 is 0 Å². The number of hydrogen-bond acceptors (Lipinski definition) is 4. The number of allylic oxidation sites excluding steroid dienone is 2. The molecule has 0 fully saturated rings. The molecule has 0 radical (unpaired) electrons. The molecular formula is C22H26FN3O3. The van der Waals surface area contributed by atoms with Gasteiger partial charge in [0.1, 0.15) is 5.82 Å². The molecule has 0 aliphatic heterocycles. The van der Waals surface area contributed by atoms with E-state index in [0.29, 0.717) is 29.1 Å². The number of amides is 1. The first-order chi connectivity index (χ1) is 13.9. The van der Waals surface area contributed by atoms with Gasteiger partial charge in [0.05, 0.1) is 18.0 Å². The molecule has 154 valence electrons. The molecule has 0 unspecified atom stereocenters. The number of esters is 1. The molecular weight excluding hydrogens is 373 g/mol. The van der Waals surface area contributed by atoms with Gasteiger partial charge in [0.15, 0.2) is 6.04 Å². The van der Waals surface area contributed by atoms with Crippen LogP contribution in [0.4, 0.5) is 4.39 Å². The number of nitrogens with zero attached hydrogens (tertiary/aromatic N) is 2. The van der Waals surface area contributed by atoms with E-state index in [1.54, 1.807) is 30.7 Å². The normalized spacial score (nSPS) is 17.0. The van der Waals surface area contributed by atoms with Crippen molar-refractivity contribution in [1.29, 1.82) is 0 Å². The third-order valence-corrected chi connectivity index (χ3v) is 5.16. The molecule has 1 aromatic heterocycles. The Kier molecular flexibility index (Phi) is 6.46. The highest BCUT2D eigenvalue weighted by molar-refractivity contribution is 5.87. The fourth-order valence-electron chi connectivity index (χ4n) is 3.67. The fourth-order valence-corrected chi connectivity index (χ4v) is 3.67. The molecule has 1 aliphatic carbocycles. The lowest BCUT2D eigenvalue weighted by molar-refractivity contribution is -0.148. The predicted molar refractivity (Wildman–Crippen MR) is 107 cm³/mol. The Bertz CT molecular complexity index is 918. The molecule has 7 heteroatoms. The third-order valence-electron chi connectivity index (χ3n) is 5.16. The van der Waals surface area contributed by atoms with Crippen LogP contribution in [0, 0.1) is 25.6 Å². The number of benzene rings is 1. The summed E-state index contributed by atoms with van der Waals surface area (Å²) in [6.07, 6.45) is 6.32. The number of aromatic nitrogens is 2. The summed E-state index contributed by atoms with van der Waals surface area (Å²) >= 11 is 0. The van der Waals surface area contributed by atoms with Crippen molar-refractivity contribution in [1.82, 2.24) is 15.1 Å². The van der Waals surface area contributed by atoms with E-state index in [4.69, 9.17) is 4.74 Å². The van der Waals surface area contributed by atoms with E-state index >= 15 is 0 Å². The Morgan fingerprint density at radius 3 is 2.62 bits per heavy atom. The van der Waals surface area contributed by atoms with Gasteiger partial charge in [-0.2, -0.15) is 5.10 Å². The summed E-state index contributed by atoms with van der Waals surface area (Å²) < 4.78 is 20.2. The quantitative estimate of drug-likeness (QED) is 0.594. The molecule has 3 rings (SSSR count). The van der Waals surface area contributed by atoms with Gasteiger partial charge in [-0.1, -0.05) is 12.2 Å². The summed E-state index contributed by atoms with van der Waals surface area (Å²) in [7, 11) is 0. The molecule has 0 spiro atoms. The molecule has 1 aliphatic rings. The van der Waals surface area contributed by atoms with Gasteiger partial charge in [0.25, 0.3) is 0 Å². The molecule has 1 heterocycles. The average molecular weight is 399 g/mol. The van der Waals surface area contributed by atoms with Crippen LogP contribution in [0.2, 0.25) is 0 Å². The van der Waals surface area contributed by atoms with Crippen LogP contribution in [0.25, 0.3) is 5.69 Å². The number of hydrogen-bond donors (Lipinski definition) is 1. The van der Waals surface area contributed by atoms with E-state index in [-0.39, 0.29) is 24.2 Å². The second-order valence-electron chi connectivity index (χ2n) is 7.15. The second-order valence-corrected chi connectivity index (χ2v) is 7.15. The van der Waals surface area contributed by atoms with E-state index < -0.39 is 12.0 Å². The molecule has 0 saturated heterocycles. The van der Waals surface area contributed by atoms with Crippen LogP contribution in [0.1, 0.15) is 49.2 Å². The zero-order valence-electron chi connectivity index (χ0n) is 16.9. The van der Waals surface area contributed by atoms with Crippen LogP contribution in [0.5, 0.6) is 0 Å². The minimum Gasteiger partial charge on any atom is -0.464 e. The van der Waals surface area contributed by atoms with Crippen LogP contribution < -0.4 is 5.32 Å². The van der Waals surface area contributed by atoms with E-state index in [1.165, 1.54) is 12.1 Å². The maximum absolute atomic E-state index is 13.3. The van der Waals surface area contributed by atoms with E-state index in [1.807, 2.05) is 13.0 Å². The van der Waals surface area contributed by atoms with Crippen LogP contribution in [0.3, 0.4) is 0 Å². The second kappa shape index (κ2) is 9.03. The highest BCUT2D eigenvalue weighted by Crippen LogP contribution is 2.27. The maximum atomic E-state index is 13.3. The summed E-state index contributed by atoms with van der Waals surface area (Å²) in [6, 6.07) is 5.00. The third kappa shape index (κ3) is 4.55. The number of carbonyl (C=O) groups excluding carboxylic acids is 2. The van der Waals surface area contributed by atoms with E-state index in [2.05, 4.69) is 16.5 Å². The molecule has 1 N–H and O–H groups in total. The maximum Gasteiger partial charge on any atom is 0.333 e. The minimum atomic E-state index is -0.942. The molecule has 2 atom stereocenters. The summed E-state index contributed by atoms with van der Waals surface area (Å²) in [4.78, 5) is 25.5. The Labute approximate surface area is 169 Å². The summed E-state index contributed by atoms with van der Waals surface area (Å²) in [5.74, 6) is -1.18. The molecule has 0 bridgehead atoms. The number of halogens is 1. The first kappa shape index (κ1) is 20.8. The average Bonchev–Trinajstić information content (AvgIpc) is 3.01. The number of rotatable bonds is 6. The predicted octanol–water partition coefficient (Wildman–Crippen LogP) is 3.70. The van der Waals surface area contributed by atoms with Gasteiger partial charge in [-0.05, 0) is 64.3 Å². The monoisotopic (exact) mass is 399 g/mol. The Morgan fingerprint density at radius 2 is 2.00 bits per heavy atom. The van der Waals surface area contributed by atoms with Gasteiger partial charge in [0.2, 0.25) is 5.91 Å². The fraction of sp³-hybridized carbons (Fsp3) is 0.409. The Balaban J connectivity index is 1.95. The van der Waals surface area contributed by atoms with Crippen molar-refractivity contribution in [3.8, 4) is 5.69 Å². The van der Waals surface area contributed by atoms with Crippen molar-refractivity contribution < 1.29 is 18.7 Å². The Morgan fingerprint density at radius 1 is 1.28 bits per heavy atom. The van der Waals surface area contributed by atoms with E-state index in [0.717, 1.165) is 12.8 Å². The highest BCUT2D eigenvalue weighted by atomic mass is 19.1. The number of ether oxygens (including phenoxy) is 1. The summed E-state index contributed by atoms with van der Waals surface area (Å²) in [5.41, 5.74) is 2.57. The summed E-state index contributed by atoms with van der Waals surface area (Å²) in [5, 5.41) is 7.40. The van der Waals surface area contributed by atoms with Gasteiger partial charge < -0.3 is 10.1 Å². The van der Waals surface area contributed by atoms with Gasteiger partial charge in [-0.3, -0.25) is 4.79 Å². The molecule has 0 saturated carbocycles. The number of aryl methyl sites for hydroxylation is 1. The lowest BCUT2D eigenvalue weighted by Gasteiger charge is -2.22. The molecule has 6 nitrogen and oxygen atoms in total. The van der Waals surface area contributed by atoms with E-state index in [9.17, 15) is 14.0 Å². The van der Waals surface area contributed by atoms with Crippen molar-refractivity contribution >= 4 is 11.9 Å². The SMILES string of the molecule is CCOC(=O)[C@@H](NC(=O)[C@@H]1CC=CCC1)c1c(C)nn(-c2ccc(F)cc2)c1C. The van der Waals surface area contributed by atoms with Gasteiger partial charge in [0, 0.05) is 17.2 Å². The molecule has 1 aromatic carbocycles. The Hall–Kier alpha value is -2.96. The molecule has 29 heavy (non-hydrogen) atoms. The summed E-state index contributed by atoms with van der Waals surface area (Å²) in [6.45, 7) is 5.54. The van der Waals surface area contributed by atoms with Crippen molar-refractivity contribution in [2.75, 3.05) is 6.61 Å². The molecule has 1 amide bonds. The zero-order valence-corrected chi connectivity index (χ0v) is 16.9. The topological polar surface area (TPSA) is 73.2 Å². The van der Waals surface area contributed by atoms with Gasteiger partial charge in [-0.25, -0.2) is 13.9 Å². The minimum absolute atomic E-state index is 0.162. The van der Waals surface area contributed by atoms with Gasteiger partial charge >= 0.3 is 5.97 Å². The van der Waals surface area contributed by atoms with Gasteiger partial charge in [-0.15, -0.1) is 0 Å². The van der Waals surface area contributed by atoms with Crippen molar-refractivity contribution in [3.05, 3.63) is 59.2 Å². The largest absolute Gasteiger partial charge is 0.464 e. The van der Waals surface area contributed by atoms with Crippen molar-refractivity contribution in [2.24, 2.45) is 5.92 Å². The first-order valence-electron chi connectivity index (χ1n) is 9.86. The smallest absolute Gasteiger partial charge is 0.333 e. The van der Waals surface area contributed by atoms with Crippen LogP contribution in [-0.2, 0) is 14.3 Å².